The first-order valence-corrected chi connectivity index (χ1v) is 6.31. The van der Waals surface area contributed by atoms with Crippen LogP contribution in [0.4, 0.5) is 10.5 Å². The molecule has 0 radical (unpaired) electrons. The highest BCUT2D eigenvalue weighted by Crippen LogP contribution is 2.33. The number of anilines is 1. The molecule has 0 aliphatic carbocycles. The molecule has 0 bridgehead atoms. The Morgan fingerprint density at radius 3 is 2.53 bits per heavy atom. The molecule has 1 heterocycles. The lowest BCUT2D eigenvalue weighted by Crippen LogP contribution is -2.32. The van der Waals surface area contributed by atoms with Crippen LogP contribution in [0.1, 0.15) is 6.42 Å². The molecular weight excluding hydrogens is 270 g/mol. The zero-order chi connectivity index (χ0) is 14.0. The fourth-order valence-corrected chi connectivity index (χ4v) is 2.69. The third-order valence-corrected chi connectivity index (χ3v) is 3.65. The molecular formula is C12H11NO5S. The molecule has 7 heteroatoms. The number of methoxy groups -OCH3 is 1. The fourth-order valence-electron chi connectivity index (χ4n) is 1.71. The Hall–Kier alpha value is -2.02. The lowest BCUT2D eigenvalue weighted by atomic mass is 10.2. The summed E-state index contributed by atoms with van der Waals surface area (Å²) in [6.45, 7) is 0. The SMILES string of the molecule is COc1ccc(N2C(=O)SC(CC(=O)O)C2=O)cc1. The van der Waals surface area contributed by atoms with Gasteiger partial charge in [0, 0.05) is 0 Å². The minimum atomic E-state index is -1.10. The number of ether oxygens (including phenoxy) is 1. The number of carbonyl (C=O) groups is 3. The van der Waals surface area contributed by atoms with Crippen LogP contribution in [0.15, 0.2) is 24.3 Å². The maximum Gasteiger partial charge on any atom is 0.305 e. The van der Waals surface area contributed by atoms with Gasteiger partial charge in [0.1, 0.15) is 11.0 Å². The number of carboxylic acids is 1. The summed E-state index contributed by atoms with van der Waals surface area (Å²) < 4.78 is 4.99. The lowest BCUT2D eigenvalue weighted by Gasteiger charge is -2.13. The molecule has 1 aromatic rings. The van der Waals surface area contributed by atoms with E-state index >= 15 is 0 Å². The Bertz CT molecular complexity index is 527. The molecule has 6 nitrogen and oxygen atoms in total. The number of carboxylic acid groups (broad SMARTS) is 1. The van der Waals surface area contributed by atoms with Gasteiger partial charge in [-0.15, -0.1) is 0 Å². The largest absolute Gasteiger partial charge is 0.497 e. The first-order chi connectivity index (χ1) is 9.02. The van der Waals surface area contributed by atoms with Crippen LogP contribution in [0.25, 0.3) is 0 Å². The van der Waals surface area contributed by atoms with Crippen molar-refractivity contribution in [1.29, 1.82) is 0 Å². The van der Waals surface area contributed by atoms with E-state index in [2.05, 4.69) is 0 Å². The van der Waals surface area contributed by atoms with E-state index in [1.807, 2.05) is 0 Å². The summed E-state index contributed by atoms with van der Waals surface area (Å²) in [6, 6.07) is 6.42. The van der Waals surface area contributed by atoms with Crippen molar-refractivity contribution in [2.24, 2.45) is 0 Å². The molecule has 1 atom stereocenters. The van der Waals surface area contributed by atoms with E-state index in [0.717, 1.165) is 16.7 Å². The molecule has 19 heavy (non-hydrogen) atoms. The summed E-state index contributed by atoms with van der Waals surface area (Å²) in [5, 5.41) is 7.38. The fraction of sp³-hybridized carbons (Fsp3) is 0.250. The van der Waals surface area contributed by atoms with E-state index in [4.69, 9.17) is 9.84 Å². The molecule has 1 aliphatic rings. The molecule has 1 saturated heterocycles. The first kappa shape index (κ1) is 13.4. The molecule has 100 valence electrons. The van der Waals surface area contributed by atoms with E-state index in [1.165, 1.54) is 7.11 Å². The van der Waals surface area contributed by atoms with Crippen molar-refractivity contribution in [2.45, 2.75) is 11.7 Å². The molecule has 1 N–H and O–H groups in total. The summed E-state index contributed by atoms with van der Waals surface area (Å²) in [5.74, 6) is -0.990. The third-order valence-electron chi connectivity index (χ3n) is 2.61. The number of carbonyl (C=O) groups excluding carboxylic acids is 2. The number of rotatable bonds is 4. The Balaban J connectivity index is 2.21. The molecule has 1 fully saturated rings. The van der Waals surface area contributed by atoms with Gasteiger partial charge in [-0.25, -0.2) is 4.90 Å². The molecule has 0 saturated carbocycles. The van der Waals surface area contributed by atoms with E-state index in [-0.39, 0.29) is 6.42 Å². The first-order valence-electron chi connectivity index (χ1n) is 5.43. The van der Waals surface area contributed by atoms with Gasteiger partial charge in [-0.2, -0.15) is 0 Å². The second-order valence-electron chi connectivity index (χ2n) is 3.84. The summed E-state index contributed by atoms with van der Waals surface area (Å²) in [6.07, 6.45) is -0.359. The molecule has 2 amide bonds. The highest BCUT2D eigenvalue weighted by atomic mass is 32.2. The van der Waals surface area contributed by atoms with Crippen molar-refractivity contribution in [3.05, 3.63) is 24.3 Å². The number of hydrogen-bond donors (Lipinski definition) is 1. The van der Waals surface area contributed by atoms with Crippen LogP contribution in [-0.2, 0) is 9.59 Å². The summed E-state index contributed by atoms with van der Waals surface area (Å²) in [5.41, 5.74) is 0.413. The summed E-state index contributed by atoms with van der Waals surface area (Å²) >= 11 is 0.740. The monoisotopic (exact) mass is 281 g/mol. The molecule has 0 spiro atoms. The van der Waals surface area contributed by atoms with Gasteiger partial charge in [-0.05, 0) is 36.0 Å². The van der Waals surface area contributed by atoms with E-state index in [1.54, 1.807) is 24.3 Å². The molecule has 1 unspecified atom stereocenters. The van der Waals surface area contributed by atoms with Gasteiger partial charge in [-0.3, -0.25) is 14.4 Å². The van der Waals surface area contributed by atoms with Crippen molar-refractivity contribution in [3.8, 4) is 5.75 Å². The highest BCUT2D eigenvalue weighted by Gasteiger charge is 2.41. The average Bonchev–Trinajstić information content (AvgIpc) is 2.64. The Kier molecular flexibility index (Phi) is 3.75. The zero-order valence-electron chi connectivity index (χ0n) is 10.0. The minimum absolute atomic E-state index is 0.359. The Morgan fingerprint density at radius 1 is 1.37 bits per heavy atom. The normalized spacial score (nSPS) is 18.8. The maximum absolute atomic E-state index is 12.0. The highest BCUT2D eigenvalue weighted by molar-refractivity contribution is 8.15. The number of thioether (sulfide) groups is 1. The van der Waals surface area contributed by atoms with Crippen LogP contribution in [0.5, 0.6) is 5.75 Å². The topological polar surface area (TPSA) is 83.9 Å². The van der Waals surface area contributed by atoms with Crippen molar-refractivity contribution >= 4 is 34.6 Å². The molecule has 0 aromatic heterocycles. The number of benzene rings is 1. The summed E-state index contributed by atoms with van der Waals surface area (Å²) in [7, 11) is 1.51. The van der Waals surface area contributed by atoms with Crippen LogP contribution in [-0.4, -0.2) is 34.6 Å². The quantitative estimate of drug-likeness (QED) is 0.905. The number of amides is 2. The number of hydrogen-bond acceptors (Lipinski definition) is 5. The number of imide groups is 1. The van der Waals surface area contributed by atoms with Crippen LogP contribution in [0.2, 0.25) is 0 Å². The van der Waals surface area contributed by atoms with Crippen LogP contribution < -0.4 is 9.64 Å². The van der Waals surface area contributed by atoms with Gasteiger partial charge in [0.05, 0.1) is 19.2 Å². The Labute approximate surface area is 113 Å². The third kappa shape index (κ3) is 2.70. The molecule has 1 aliphatic heterocycles. The second kappa shape index (κ2) is 5.31. The second-order valence-corrected chi connectivity index (χ2v) is 5.00. The van der Waals surface area contributed by atoms with Gasteiger partial charge in [0.25, 0.3) is 5.24 Å². The summed E-state index contributed by atoms with van der Waals surface area (Å²) in [4.78, 5) is 35.4. The van der Waals surface area contributed by atoms with E-state index < -0.39 is 22.4 Å². The predicted octanol–water partition coefficient (Wildman–Crippen LogP) is 1.74. The van der Waals surface area contributed by atoms with Crippen molar-refractivity contribution in [3.63, 3.8) is 0 Å². The minimum Gasteiger partial charge on any atom is -0.497 e. The number of nitrogens with zero attached hydrogens (tertiary/aromatic N) is 1. The van der Waals surface area contributed by atoms with Crippen molar-refractivity contribution in [2.75, 3.05) is 12.0 Å². The van der Waals surface area contributed by atoms with Crippen molar-refractivity contribution < 1.29 is 24.2 Å². The van der Waals surface area contributed by atoms with Gasteiger partial charge in [0.2, 0.25) is 5.91 Å². The average molecular weight is 281 g/mol. The van der Waals surface area contributed by atoms with E-state index in [9.17, 15) is 14.4 Å². The van der Waals surface area contributed by atoms with Crippen molar-refractivity contribution in [1.82, 2.24) is 0 Å². The molecule has 1 aromatic carbocycles. The zero-order valence-corrected chi connectivity index (χ0v) is 10.8. The standard InChI is InChI=1S/C12H11NO5S/c1-18-8-4-2-7(3-5-8)13-11(16)9(6-10(14)15)19-12(13)17/h2-5,9H,6H2,1H3,(H,14,15). The van der Waals surface area contributed by atoms with Crippen LogP contribution in [0.3, 0.4) is 0 Å². The number of aliphatic carboxylic acids is 1. The maximum atomic E-state index is 12.0. The predicted molar refractivity (Wildman–Crippen MR) is 69.5 cm³/mol. The Morgan fingerprint density at radius 2 is 2.00 bits per heavy atom. The van der Waals surface area contributed by atoms with Gasteiger partial charge >= 0.3 is 5.97 Å². The van der Waals surface area contributed by atoms with Gasteiger partial charge in [-0.1, -0.05) is 0 Å². The van der Waals surface area contributed by atoms with Crippen LogP contribution >= 0.6 is 11.8 Å². The molecule has 2 rings (SSSR count). The smallest absolute Gasteiger partial charge is 0.305 e. The van der Waals surface area contributed by atoms with E-state index in [0.29, 0.717) is 11.4 Å². The van der Waals surface area contributed by atoms with Gasteiger partial charge < -0.3 is 9.84 Å². The van der Waals surface area contributed by atoms with Gasteiger partial charge in [0.15, 0.2) is 0 Å². The van der Waals surface area contributed by atoms with Crippen LogP contribution in [0, 0.1) is 0 Å². The lowest BCUT2D eigenvalue weighted by molar-refractivity contribution is -0.138.